The second-order valence-corrected chi connectivity index (χ2v) is 10.4. The third kappa shape index (κ3) is 7.09. The monoisotopic (exact) mass is 549 g/mol. The Morgan fingerprint density at radius 1 is 0.805 bits per heavy atom. The molecule has 0 heterocycles. The predicted molar refractivity (Wildman–Crippen MR) is 160 cm³/mol. The second-order valence-electron chi connectivity index (χ2n) is 10.4. The van der Waals surface area contributed by atoms with Gasteiger partial charge in [0.05, 0.1) is 7.11 Å². The fourth-order valence-electron chi connectivity index (χ4n) is 4.63. The molecule has 0 bridgehead atoms. The van der Waals surface area contributed by atoms with Gasteiger partial charge in [0.1, 0.15) is 28.8 Å². The van der Waals surface area contributed by atoms with Gasteiger partial charge in [0.15, 0.2) is 5.60 Å². The zero-order chi connectivity index (χ0) is 28.8. The highest BCUT2D eigenvalue weighted by atomic mass is 16.5. The molecule has 0 spiro atoms. The maximum atomic E-state index is 13.8. The van der Waals surface area contributed by atoms with Gasteiger partial charge in [-0.2, -0.15) is 0 Å². The van der Waals surface area contributed by atoms with E-state index in [4.69, 9.17) is 14.2 Å². The number of methoxy groups -OCH3 is 1. The largest absolute Gasteiger partial charge is 0.508 e. The predicted octanol–water partition coefficient (Wildman–Crippen LogP) is 7.32. The van der Waals surface area contributed by atoms with Gasteiger partial charge in [-0.15, -0.1) is 0 Å². The fraction of sp³-hybridized carbons (Fsp3) is 0.229. The number of amides is 1. The molecule has 0 fully saturated rings. The molecule has 4 aromatic rings. The Labute approximate surface area is 241 Å². The molecule has 1 amide bonds. The van der Waals surface area contributed by atoms with Crippen molar-refractivity contribution in [2.45, 2.75) is 32.3 Å². The summed E-state index contributed by atoms with van der Waals surface area (Å²) >= 11 is 0. The van der Waals surface area contributed by atoms with E-state index in [2.05, 4.69) is 12.1 Å². The Hall–Kier alpha value is -4.71. The van der Waals surface area contributed by atoms with Crippen LogP contribution in [0.3, 0.4) is 0 Å². The van der Waals surface area contributed by atoms with Gasteiger partial charge in [0.2, 0.25) is 0 Å². The minimum Gasteiger partial charge on any atom is -0.508 e. The van der Waals surface area contributed by atoms with E-state index >= 15 is 0 Å². The maximum Gasteiger partial charge on any atom is 0.254 e. The Balaban J connectivity index is 1.28. The fourth-order valence-corrected chi connectivity index (χ4v) is 4.63. The quantitative estimate of drug-likeness (QED) is 0.201. The van der Waals surface area contributed by atoms with Gasteiger partial charge >= 0.3 is 0 Å². The first-order chi connectivity index (χ1) is 19.8. The number of aliphatic hydroxyl groups excluding tert-OH is 1. The van der Waals surface area contributed by atoms with E-state index in [1.807, 2.05) is 97.6 Å². The van der Waals surface area contributed by atoms with Gasteiger partial charge in [-0.05, 0) is 91.9 Å². The Morgan fingerprint density at radius 3 is 2.07 bits per heavy atom. The summed E-state index contributed by atoms with van der Waals surface area (Å²) in [5, 5.41) is 9.68. The summed E-state index contributed by atoms with van der Waals surface area (Å²) in [6, 6.07) is 31.0. The van der Waals surface area contributed by atoms with Crippen molar-refractivity contribution in [1.82, 2.24) is 4.90 Å². The molecule has 41 heavy (non-hydrogen) atoms. The van der Waals surface area contributed by atoms with Crippen molar-refractivity contribution < 1.29 is 24.1 Å². The second kappa shape index (κ2) is 12.2. The number of ether oxygens (including phenoxy) is 3. The van der Waals surface area contributed by atoms with E-state index in [-0.39, 0.29) is 11.7 Å². The van der Waals surface area contributed by atoms with Crippen molar-refractivity contribution in [3.63, 3.8) is 0 Å². The zero-order valence-electron chi connectivity index (χ0n) is 23.7. The van der Waals surface area contributed by atoms with Crippen LogP contribution in [0.25, 0.3) is 0 Å². The molecule has 4 aromatic carbocycles. The molecule has 6 nitrogen and oxygen atoms in total. The number of carbonyl (C=O) groups is 1. The van der Waals surface area contributed by atoms with Gasteiger partial charge in [0.25, 0.3) is 5.91 Å². The van der Waals surface area contributed by atoms with E-state index in [0.29, 0.717) is 35.9 Å². The van der Waals surface area contributed by atoms with E-state index in [1.165, 1.54) is 5.56 Å². The normalized spacial score (nSPS) is 15.5. The van der Waals surface area contributed by atoms with Gasteiger partial charge in [-0.3, -0.25) is 4.79 Å². The Kier molecular flexibility index (Phi) is 8.29. The van der Waals surface area contributed by atoms with E-state index in [0.717, 1.165) is 29.7 Å². The molecular formula is C35H35NO5. The number of nitrogens with zero attached hydrogens (tertiary/aromatic N) is 1. The van der Waals surface area contributed by atoms with Crippen molar-refractivity contribution in [2.24, 2.45) is 0 Å². The van der Waals surface area contributed by atoms with Crippen molar-refractivity contribution in [3.8, 4) is 23.0 Å². The van der Waals surface area contributed by atoms with Gasteiger partial charge in [-0.25, -0.2) is 0 Å². The summed E-state index contributed by atoms with van der Waals surface area (Å²) in [7, 11) is 1.65. The average molecular weight is 550 g/mol. The highest BCUT2D eigenvalue weighted by Gasteiger charge is 2.42. The molecular weight excluding hydrogens is 514 g/mol. The molecule has 1 unspecified atom stereocenters. The highest BCUT2D eigenvalue weighted by molar-refractivity contribution is 5.94. The number of rotatable bonds is 12. The molecule has 0 aromatic heterocycles. The lowest BCUT2D eigenvalue weighted by Crippen LogP contribution is -2.34. The topological polar surface area (TPSA) is 68.2 Å². The van der Waals surface area contributed by atoms with Crippen LogP contribution in [-0.4, -0.2) is 41.7 Å². The van der Waals surface area contributed by atoms with Gasteiger partial charge in [0, 0.05) is 24.7 Å². The third-order valence-electron chi connectivity index (χ3n) is 7.25. The lowest BCUT2D eigenvalue weighted by Gasteiger charge is -2.23. The molecule has 1 N–H and O–H groups in total. The van der Waals surface area contributed by atoms with Gasteiger partial charge < -0.3 is 24.2 Å². The van der Waals surface area contributed by atoms with Gasteiger partial charge in [-0.1, -0.05) is 48.5 Å². The molecule has 5 rings (SSSR count). The van der Waals surface area contributed by atoms with Crippen LogP contribution in [0, 0.1) is 6.92 Å². The minimum absolute atomic E-state index is 0.0372. The zero-order valence-corrected chi connectivity index (χ0v) is 23.7. The smallest absolute Gasteiger partial charge is 0.254 e. The number of benzene rings is 4. The van der Waals surface area contributed by atoms with Crippen molar-refractivity contribution in [2.75, 3.05) is 20.2 Å². The molecule has 1 aliphatic carbocycles. The minimum atomic E-state index is -0.721. The molecule has 0 saturated carbocycles. The first kappa shape index (κ1) is 27.8. The standard InChI is InChI=1S/C35H35NO5/c1-25-22-31(16-17-32(25)41-35(2)24-33(35)37)40-30-11-7-10-28(23-30)34(38)36(20-18-26-8-5-4-6-9-26)21-19-27-12-14-29(39-3)15-13-27/h4-17,22-24,37H,18-21H2,1-3H3. The first-order valence-electron chi connectivity index (χ1n) is 13.8. The van der Waals surface area contributed by atoms with E-state index < -0.39 is 5.60 Å². The SMILES string of the molecule is COc1ccc(CCN(CCc2ccccc2)C(=O)c2cccc(Oc3ccc(OC4(C)C=C4O)c(C)c3)c2)cc1. The molecule has 0 saturated heterocycles. The lowest BCUT2D eigenvalue weighted by molar-refractivity contribution is 0.0759. The summed E-state index contributed by atoms with van der Waals surface area (Å²) in [5.41, 5.74) is 3.07. The summed E-state index contributed by atoms with van der Waals surface area (Å²) in [5.74, 6) is 2.90. The molecule has 0 radical (unpaired) electrons. The number of hydrogen-bond donors (Lipinski definition) is 1. The van der Waals surface area contributed by atoms with Crippen molar-refractivity contribution in [3.05, 3.63) is 131 Å². The van der Waals surface area contributed by atoms with Crippen LogP contribution < -0.4 is 14.2 Å². The van der Waals surface area contributed by atoms with Crippen LogP contribution >= 0.6 is 0 Å². The molecule has 210 valence electrons. The van der Waals surface area contributed by atoms with Crippen LogP contribution in [-0.2, 0) is 12.8 Å². The summed E-state index contributed by atoms with van der Waals surface area (Å²) in [6.45, 7) is 4.94. The number of aliphatic hydroxyl groups is 1. The number of hydrogen-bond acceptors (Lipinski definition) is 5. The molecule has 1 aliphatic rings. The number of carbonyl (C=O) groups excluding carboxylic acids is 1. The van der Waals surface area contributed by atoms with Crippen molar-refractivity contribution >= 4 is 5.91 Å². The molecule has 1 atom stereocenters. The molecule has 6 heteroatoms. The van der Waals surface area contributed by atoms with Crippen LogP contribution in [0.5, 0.6) is 23.0 Å². The molecule has 0 aliphatic heterocycles. The number of aryl methyl sites for hydroxylation is 1. The summed E-state index contributed by atoms with van der Waals surface area (Å²) in [6.07, 6.45) is 3.17. The summed E-state index contributed by atoms with van der Waals surface area (Å²) in [4.78, 5) is 15.7. The van der Waals surface area contributed by atoms with Crippen LogP contribution in [0.2, 0.25) is 0 Å². The van der Waals surface area contributed by atoms with Crippen LogP contribution in [0.4, 0.5) is 0 Å². The highest BCUT2D eigenvalue weighted by Crippen LogP contribution is 2.38. The third-order valence-corrected chi connectivity index (χ3v) is 7.25. The van der Waals surface area contributed by atoms with E-state index in [1.54, 1.807) is 19.3 Å². The Bertz CT molecular complexity index is 1530. The van der Waals surface area contributed by atoms with Crippen LogP contribution in [0.15, 0.2) is 109 Å². The Morgan fingerprint density at radius 2 is 1.44 bits per heavy atom. The summed E-state index contributed by atoms with van der Waals surface area (Å²) < 4.78 is 17.3. The average Bonchev–Trinajstić information content (AvgIpc) is 3.59. The van der Waals surface area contributed by atoms with Crippen LogP contribution in [0.1, 0.15) is 34.0 Å². The first-order valence-corrected chi connectivity index (χ1v) is 13.8. The van der Waals surface area contributed by atoms with Crippen molar-refractivity contribution in [1.29, 1.82) is 0 Å². The van der Waals surface area contributed by atoms with E-state index in [9.17, 15) is 9.90 Å². The maximum absolute atomic E-state index is 13.8. The lowest BCUT2D eigenvalue weighted by atomic mass is 10.1.